The maximum Gasteiger partial charge on any atom is 0.195 e. The maximum atomic E-state index is 5.03. The van der Waals surface area contributed by atoms with Gasteiger partial charge in [0, 0.05) is 0 Å². The number of nitrogens with zero attached hydrogens (tertiary/aromatic N) is 2. The van der Waals surface area contributed by atoms with Gasteiger partial charge in [0.25, 0.3) is 0 Å². The normalized spacial score (nSPS) is 11.3. The third-order valence-corrected chi connectivity index (χ3v) is 2.05. The van der Waals surface area contributed by atoms with Crippen molar-refractivity contribution in [1.29, 1.82) is 0 Å². The number of allylic oxidation sites excluding steroid dienone is 4. The van der Waals surface area contributed by atoms with Crippen LogP contribution in [0.15, 0.2) is 30.1 Å². The van der Waals surface area contributed by atoms with E-state index in [2.05, 4.69) is 22.3 Å². The van der Waals surface area contributed by atoms with Gasteiger partial charge in [0.15, 0.2) is 4.77 Å². The molecule has 0 aromatic carbocycles. The van der Waals surface area contributed by atoms with Gasteiger partial charge in [0.1, 0.15) is 6.33 Å². The molecule has 0 aliphatic rings. The number of rotatable bonds is 3. The fourth-order valence-electron chi connectivity index (χ4n) is 1.03. The minimum absolute atomic E-state index is 0.656. The summed E-state index contributed by atoms with van der Waals surface area (Å²) in [5.74, 6) is 0. The van der Waals surface area contributed by atoms with E-state index >= 15 is 0 Å². The van der Waals surface area contributed by atoms with Gasteiger partial charge in [0.05, 0.1) is 6.54 Å². The van der Waals surface area contributed by atoms with E-state index in [4.69, 9.17) is 12.2 Å². The summed E-state index contributed by atoms with van der Waals surface area (Å²) in [6.45, 7) is 8.79. The largest absolute Gasteiger partial charge is 0.302 e. The smallest absolute Gasteiger partial charge is 0.195 e. The fourth-order valence-corrected chi connectivity index (χ4v) is 1.20. The molecule has 0 atom stereocenters. The monoisotopic (exact) mass is 225 g/mol. The topological polar surface area (TPSA) is 33.6 Å². The zero-order valence-electron chi connectivity index (χ0n) is 9.82. The van der Waals surface area contributed by atoms with Gasteiger partial charge >= 0.3 is 0 Å². The maximum absolute atomic E-state index is 5.03. The Balaban J connectivity index is 0.000000921. The van der Waals surface area contributed by atoms with E-state index in [9.17, 15) is 0 Å². The first kappa shape index (κ1) is 13.8. The van der Waals surface area contributed by atoms with Gasteiger partial charge in [-0.2, -0.15) is 5.10 Å². The Bertz CT molecular complexity index is 371. The Hall–Kier alpha value is -1.16. The first-order chi connectivity index (χ1) is 7.27. The van der Waals surface area contributed by atoms with Gasteiger partial charge in [-0.3, -0.25) is 5.10 Å². The molecule has 0 aliphatic heterocycles. The van der Waals surface area contributed by atoms with E-state index in [-0.39, 0.29) is 0 Å². The third-order valence-electron chi connectivity index (χ3n) is 1.72. The van der Waals surface area contributed by atoms with Crippen LogP contribution in [-0.4, -0.2) is 14.8 Å². The number of nitrogens with one attached hydrogen (secondary N) is 1. The van der Waals surface area contributed by atoms with E-state index in [0.717, 1.165) is 6.54 Å². The molecule has 0 bridgehead atoms. The highest BCUT2D eigenvalue weighted by Gasteiger charge is 1.95. The van der Waals surface area contributed by atoms with Crippen molar-refractivity contribution in [2.75, 3.05) is 0 Å². The van der Waals surface area contributed by atoms with Crippen LogP contribution < -0.4 is 0 Å². The lowest BCUT2D eigenvalue weighted by Crippen LogP contribution is -1.97. The van der Waals surface area contributed by atoms with Crippen LogP contribution >= 0.6 is 12.2 Å². The zero-order chi connectivity index (χ0) is 11.7. The average Bonchev–Trinajstić information content (AvgIpc) is 2.67. The van der Waals surface area contributed by atoms with Crippen molar-refractivity contribution in [3.63, 3.8) is 0 Å². The molecule has 0 spiro atoms. The molecule has 0 saturated heterocycles. The highest BCUT2D eigenvalue weighted by molar-refractivity contribution is 7.71. The predicted molar refractivity (Wildman–Crippen MR) is 67.3 cm³/mol. The molecular weight excluding hydrogens is 206 g/mol. The zero-order valence-corrected chi connectivity index (χ0v) is 10.6. The van der Waals surface area contributed by atoms with Crippen molar-refractivity contribution < 1.29 is 0 Å². The van der Waals surface area contributed by atoms with Crippen LogP contribution in [0.3, 0.4) is 0 Å². The van der Waals surface area contributed by atoms with Gasteiger partial charge in [-0.15, -0.1) is 0 Å². The molecule has 0 radical (unpaired) electrons. The van der Waals surface area contributed by atoms with Crippen LogP contribution in [0.2, 0.25) is 0 Å². The highest BCUT2D eigenvalue weighted by atomic mass is 32.1. The van der Waals surface area contributed by atoms with Crippen LogP contribution in [0.1, 0.15) is 27.7 Å². The molecular formula is C11H19N3S. The molecule has 0 aliphatic carbocycles. The molecule has 0 saturated carbocycles. The molecule has 1 aromatic rings. The summed E-state index contributed by atoms with van der Waals surface area (Å²) in [5, 5.41) is 6.57. The lowest BCUT2D eigenvalue weighted by molar-refractivity contribution is 0.780. The fraction of sp³-hybridized carbons (Fsp3) is 0.455. The van der Waals surface area contributed by atoms with Crippen LogP contribution in [0.4, 0.5) is 0 Å². The summed E-state index contributed by atoms with van der Waals surface area (Å²) in [4.78, 5) is 0. The van der Waals surface area contributed by atoms with E-state index in [1.807, 2.05) is 38.3 Å². The highest BCUT2D eigenvalue weighted by Crippen LogP contribution is 2.01. The van der Waals surface area contributed by atoms with E-state index < -0.39 is 0 Å². The molecule has 15 heavy (non-hydrogen) atoms. The second kappa shape index (κ2) is 8.17. The molecule has 0 unspecified atom stereocenters. The molecule has 1 aromatic heterocycles. The SMILES string of the molecule is C/C=C\C(=C/C)Cn1cn[nH]c1=S.CC. The lowest BCUT2D eigenvalue weighted by Gasteiger charge is -2.01. The molecule has 1 rings (SSSR count). The second-order valence-electron chi connectivity index (χ2n) is 2.65. The Morgan fingerprint density at radius 1 is 1.53 bits per heavy atom. The number of hydrogen-bond donors (Lipinski definition) is 1. The van der Waals surface area contributed by atoms with Crippen molar-refractivity contribution in [3.05, 3.63) is 34.9 Å². The minimum atomic E-state index is 0.656. The summed E-state index contributed by atoms with van der Waals surface area (Å²) < 4.78 is 2.55. The van der Waals surface area contributed by atoms with Gasteiger partial charge in [-0.25, -0.2) is 0 Å². The Morgan fingerprint density at radius 3 is 2.60 bits per heavy atom. The summed E-state index contributed by atoms with van der Waals surface area (Å²) in [6, 6.07) is 0. The number of aromatic nitrogens is 3. The summed E-state index contributed by atoms with van der Waals surface area (Å²) >= 11 is 5.03. The molecule has 1 heterocycles. The van der Waals surface area contributed by atoms with Gasteiger partial charge < -0.3 is 4.57 Å². The Kier molecular flexibility index (Phi) is 7.54. The van der Waals surface area contributed by atoms with Crippen LogP contribution in [0.25, 0.3) is 0 Å². The standard InChI is InChI=1S/C9H13N3S.C2H6/c1-3-5-8(4-2)6-12-7-10-11-9(12)13;1-2/h3-5,7H,6H2,1-2H3,(H,11,13);1-2H3/b5-3-,8-4+;. The summed E-state index contributed by atoms with van der Waals surface area (Å²) in [7, 11) is 0. The second-order valence-corrected chi connectivity index (χ2v) is 3.04. The Morgan fingerprint density at radius 2 is 2.20 bits per heavy atom. The number of H-pyrrole nitrogens is 1. The van der Waals surface area contributed by atoms with Gasteiger partial charge in [-0.05, 0) is 31.6 Å². The minimum Gasteiger partial charge on any atom is -0.302 e. The van der Waals surface area contributed by atoms with Crippen molar-refractivity contribution in [2.24, 2.45) is 0 Å². The predicted octanol–water partition coefficient (Wildman–Crippen LogP) is 3.49. The van der Waals surface area contributed by atoms with E-state index in [0.29, 0.717) is 4.77 Å². The summed E-state index contributed by atoms with van der Waals surface area (Å²) in [5.41, 5.74) is 1.22. The lowest BCUT2D eigenvalue weighted by atomic mass is 10.2. The molecule has 0 amide bonds. The molecule has 1 N–H and O–H groups in total. The molecule has 84 valence electrons. The van der Waals surface area contributed by atoms with Crippen molar-refractivity contribution in [1.82, 2.24) is 14.8 Å². The Labute approximate surface area is 96.5 Å². The van der Waals surface area contributed by atoms with E-state index in [1.54, 1.807) is 6.33 Å². The van der Waals surface area contributed by atoms with E-state index in [1.165, 1.54) is 5.57 Å². The third kappa shape index (κ3) is 4.74. The number of aromatic amines is 1. The van der Waals surface area contributed by atoms with Crippen LogP contribution in [-0.2, 0) is 6.54 Å². The van der Waals surface area contributed by atoms with Gasteiger partial charge in [-0.1, -0.05) is 32.1 Å². The average molecular weight is 225 g/mol. The van der Waals surface area contributed by atoms with Crippen molar-refractivity contribution >= 4 is 12.2 Å². The van der Waals surface area contributed by atoms with Crippen molar-refractivity contribution in [2.45, 2.75) is 34.2 Å². The summed E-state index contributed by atoms with van der Waals surface area (Å²) in [6.07, 6.45) is 7.85. The number of hydrogen-bond acceptors (Lipinski definition) is 2. The molecule has 3 nitrogen and oxygen atoms in total. The van der Waals surface area contributed by atoms with Gasteiger partial charge in [0.2, 0.25) is 0 Å². The quantitative estimate of drug-likeness (QED) is 0.631. The first-order valence-electron chi connectivity index (χ1n) is 5.15. The van der Waals surface area contributed by atoms with Crippen molar-refractivity contribution in [3.8, 4) is 0 Å². The molecule has 4 heteroatoms. The van der Waals surface area contributed by atoms with Crippen LogP contribution in [0, 0.1) is 4.77 Å². The van der Waals surface area contributed by atoms with Crippen LogP contribution in [0.5, 0.6) is 0 Å². The first-order valence-corrected chi connectivity index (χ1v) is 5.56. The molecule has 0 fully saturated rings.